The second-order valence-corrected chi connectivity index (χ2v) is 5.17. The second-order valence-electron chi connectivity index (χ2n) is 5.17. The number of hydrogen-bond donors (Lipinski definition) is 0. The molecule has 5 nitrogen and oxygen atoms in total. The zero-order valence-electron chi connectivity index (χ0n) is 12.6. The lowest BCUT2D eigenvalue weighted by Gasteiger charge is -2.30. The Bertz CT molecular complexity index is 670. The third-order valence-corrected chi connectivity index (χ3v) is 4.47. The van der Waals surface area contributed by atoms with Crippen LogP contribution in [0.4, 0.5) is 0 Å². The van der Waals surface area contributed by atoms with E-state index in [0.29, 0.717) is 11.0 Å². The van der Waals surface area contributed by atoms with E-state index in [1.807, 2.05) is 0 Å². The van der Waals surface area contributed by atoms with Gasteiger partial charge in [0.2, 0.25) is 0 Å². The Morgan fingerprint density at radius 3 is 2.48 bits per heavy atom. The smallest absolute Gasteiger partial charge is 0.263 e. The summed E-state index contributed by atoms with van der Waals surface area (Å²) in [6.45, 7) is 6.32. The third kappa shape index (κ3) is 2.55. The SMILES string of the molecule is CCC(CC)(CC)c1cc(C(=O)N=O)c2cccnc2n1. The van der Waals surface area contributed by atoms with Crippen molar-refractivity contribution < 1.29 is 4.79 Å². The summed E-state index contributed by atoms with van der Waals surface area (Å²) in [6.07, 6.45) is 4.36. The van der Waals surface area contributed by atoms with Crippen LogP contribution in [0.1, 0.15) is 56.1 Å². The first-order valence-electron chi connectivity index (χ1n) is 7.25. The number of fused-ring (bicyclic) bond motifs is 1. The minimum absolute atomic E-state index is 0.108. The van der Waals surface area contributed by atoms with Crippen molar-refractivity contribution in [2.45, 2.75) is 45.4 Å². The normalized spacial score (nSPS) is 11.6. The molecule has 0 unspecified atom stereocenters. The Labute approximate surface area is 123 Å². The van der Waals surface area contributed by atoms with E-state index in [0.717, 1.165) is 25.0 Å². The molecule has 0 saturated heterocycles. The van der Waals surface area contributed by atoms with Gasteiger partial charge in [-0.15, -0.1) is 4.91 Å². The third-order valence-electron chi connectivity index (χ3n) is 4.47. The van der Waals surface area contributed by atoms with E-state index in [9.17, 15) is 9.70 Å². The maximum absolute atomic E-state index is 11.8. The molecule has 21 heavy (non-hydrogen) atoms. The maximum Gasteiger partial charge on any atom is 0.317 e. The molecule has 5 heteroatoms. The van der Waals surface area contributed by atoms with Gasteiger partial charge in [-0.3, -0.25) is 4.79 Å². The van der Waals surface area contributed by atoms with Gasteiger partial charge in [0.15, 0.2) is 5.65 Å². The molecular weight excluding hydrogens is 266 g/mol. The molecule has 0 spiro atoms. The molecule has 2 aromatic heterocycles. The van der Waals surface area contributed by atoms with Gasteiger partial charge >= 0.3 is 5.91 Å². The number of hydrogen-bond acceptors (Lipinski definition) is 4. The largest absolute Gasteiger partial charge is 0.317 e. The Hall–Kier alpha value is -2.17. The molecule has 0 fully saturated rings. The highest BCUT2D eigenvalue weighted by molar-refractivity contribution is 6.05. The van der Waals surface area contributed by atoms with Crippen LogP contribution in [0.15, 0.2) is 29.6 Å². The molecular formula is C16H19N3O2. The Kier molecular flexibility index (Phi) is 4.40. The molecule has 0 aliphatic heterocycles. The highest BCUT2D eigenvalue weighted by atomic mass is 16.3. The molecule has 2 heterocycles. The molecule has 1 amide bonds. The van der Waals surface area contributed by atoms with Crippen molar-refractivity contribution in [2.24, 2.45) is 5.18 Å². The first-order valence-corrected chi connectivity index (χ1v) is 7.25. The van der Waals surface area contributed by atoms with Crippen LogP contribution in [0.2, 0.25) is 0 Å². The lowest BCUT2D eigenvalue weighted by Crippen LogP contribution is -2.25. The molecule has 2 rings (SSSR count). The van der Waals surface area contributed by atoms with Crippen LogP contribution < -0.4 is 0 Å². The average Bonchev–Trinajstić information content (AvgIpc) is 2.55. The summed E-state index contributed by atoms with van der Waals surface area (Å²) < 4.78 is 0. The molecule has 0 aliphatic rings. The molecule has 2 aromatic rings. The fraction of sp³-hybridized carbons (Fsp3) is 0.438. The Morgan fingerprint density at radius 2 is 1.90 bits per heavy atom. The zero-order valence-corrected chi connectivity index (χ0v) is 12.6. The molecule has 0 saturated carbocycles. The summed E-state index contributed by atoms with van der Waals surface area (Å²) in [5.74, 6) is -0.770. The van der Waals surface area contributed by atoms with Crippen LogP contribution in [-0.4, -0.2) is 15.9 Å². The van der Waals surface area contributed by atoms with E-state index in [1.54, 1.807) is 24.4 Å². The van der Waals surface area contributed by atoms with Gasteiger partial charge in [-0.2, -0.15) is 0 Å². The summed E-state index contributed by atoms with van der Waals surface area (Å²) in [5, 5.41) is 3.14. The molecule has 0 atom stereocenters. The summed E-state index contributed by atoms with van der Waals surface area (Å²) in [6, 6.07) is 5.17. The van der Waals surface area contributed by atoms with Crippen LogP contribution in [0, 0.1) is 4.91 Å². The van der Waals surface area contributed by atoms with Crippen molar-refractivity contribution in [1.29, 1.82) is 0 Å². The number of carbonyl (C=O) groups is 1. The standard InChI is InChI=1S/C16H19N3O2/c1-4-16(5-2,6-3)13-10-12(15(20)19-21)11-8-7-9-17-14(11)18-13/h7-10H,4-6H2,1-3H3. The van der Waals surface area contributed by atoms with Crippen LogP contribution in [0.3, 0.4) is 0 Å². The number of pyridine rings is 2. The molecule has 0 aliphatic carbocycles. The average molecular weight is 285 g/mol. The molecule has 0 aromatic carbocycles. The number of nitrogens with zero attached hydrogens (tertiary/aromatic N) is 3. The number of aromatic nitrogens is 2. The van der Waals surface area contributed by atoms with Crippen molar-refractivity contribution >= 4 is 16.9 Å². The number of amides is 1. The monoisotopic (exact) mass is 285 g/mol. The van der Waals surface area contributed by atoms with Crippen molar-refractivity contribution in [2.75, 3.05) is 0 Å². The minimum Gasteiger partial charge on any atom is -0.263 e. The summed E-state index contributed by atoms with van der Waals surface area (Å²) in [7, 11) is 0. The molecule has 0 bridgehead atoms. The second kappa shape index (κ2) is 6.08. The molecule has 110 valence electrons. The van der Waals surface area contributed by atoms with Crippen LogP contribution in [0.5, 0.6) is 0 Å². The van der Waals surface area contributed by atoms with Crippen LogP contribution in [-0.2, 0) is 5.41 Å². The zero-order chi connectivity index (χ0) is 15.5. The van der Waals surface area contributed by atoms with Crippen molar-refractivity contribution in [3.63, 3.8) is 0 Å². The highest BCUT2D eigenvalue weighted by Gasteiger charge is 2.30. The van der Waals surface area contributed by atoms with Gasteiger partial charge in [0.05, 0.1) is 5.56 Å². The van der Waals surface area contributed by atoms with Gasteiger partial charge in [0.25, 0.3) is 0 Å². The van der Waals surface area contributed by atoms with Gasteiger partial charge < -0.3 is 0 Å². The van der Waals surface area contributed by atoms with E-state index in [2.05, 4.69) is 35.9 Å². The first kappa shape index (κ1) is 15.2. The van der Waals surface area contributed by atoms with E-state index < -0.39 is 5.91 Å². The predicted octanol–water partition coefficient (Wildman–Crippen LogP) is 4.00. The van der Waals surface area contributed by atoms with Gasteiger partial charge in [-0.05, 0) is 37.5 Å². The Morgan fingerprint density at radius 1 is 1.24 bits per heavy atom. The fourth-order valence-electron chi connectivity index (χ4n) is 2.85. The summed E-state index contributed by atoms with van der Waals surface area (Å²) in [4.78, 5) is 31.4. The van der Waals surface area contributed by atoms with Crippen LogP contribution in [0.25, 0.3) is 11.0 Å². The van der Waals surface area contributed by atoms with Gasteiger partial charge in [0.1, 0.15) is 0 Å². The van der Waals surface area contributed by atoms with Gasteiger partial charge in [-0.1, -0.05) is 20.8 Å². The number of nitroso groups, excluding NO2 is 1. The number of carbonyl (C=O) groups excluding carboxylic acids is 1. The molecule has 0 N–H and O–H groups in total. The van der Waals surface area contributed by atoms with Crippen molar-refractivity contribution in [1.82, 2.24) is 9.97 Å². The lowest BCUT2D eigenvalue weighted by molar-refractivity contribution is 0.100. The summed E-state index contributed by atoms with van der Waals surface area (Å²) in [5.41, 5.74) is 1.48. The predicted molar refractivity (Wildman–Crippen MR) is 82.2 cm³/mol. The van der Waals surface area contributed by atoms with Crippen molar-refractivity contribution in [3.05, 3.63) is 40.6 Å². The van der Waals surface area contributed by atoms with Crippen molar-refractivity contribution in [3.8, 4) is 0 Å². The number of rotatable bonds is 5. The highest BCUT2D eigenvalue weighted by Crippen LogP contribution is 2.35. The quantitative estimate of drug-likeness (QED) is 0.778. The topological polar surface area (TPSA) is 72.3 Å². The molecule has 0 radical (unpaired) electrons. The lowest BCUT2D eigenvalue weighted by atomic mass is 9.76. The van der Waals surface area contributed by atoms with E-state index in [1.165, 1.54) is 0 Å². The van der Waals surface area contributed by atoms with E-state index in [-0.39, 0.29) is 11.0 Å². The van der Waals surface area contributed by atoms with Gasteiger partial charge in [0, 0.05) is 27.9 Å². The maximum atomic E-state index is 11.8. The van der Waals surface area contributed by atoms with E-state index >= 15 is 0 Å². The minimum atomic E-state index is -0.770. The first-order chi connectivity index (χ1) is 10.1. The fourth-order valence-corrected chi connectivity index (χ4v) is 2.85. The summed E-state index contributed by atoms with van der Waals surface area (Å²) >= 11 is 0. The van der Waals surface area contributed by atoms with E-state index in [4.69, 9.17) is 0 Å². The van der Waals surface area contributed by atoms with Gasteiger partial charge in [-0.25, -0.2) is 9.97 Å². The van der Waals surface area contributed by atoms with Crippen LogP contribution >= 0.6 is 0 Å². The Balaban J connectivity index is 2.77.